The molecule has 0 fully saturated rings. The Bertz CT molecular complexity index is 462. The fourth-order valence-corrected chi connectivity index (χ4v) is 2.08. The predicted octanol–water partition coefficient (Wildman–Crippen LogP) is 2.07. The smallest absolute Gasteiger partial charge is 0.106 e. The molecule has 2 aromatic rings. The van der Waals surface area contributed by atoms with Gasteiger partial charge in [0.05, 0.1) is 5.52 Å². The summed E-state index contributed by atoms with van der Waals surface area (Å²) in [4.78, 5) is 4.49. The number of rotatable bonds is 2. The summed E-state index contributed by atoms with van der Waals surface area (Å²) in [5.41, 5.74) is 7.71. The van der Waals surface area contributed by atoms with Crippen LogP contribution < -0.4 is 5.73 Å². The largest absolute Gasteiger partial charge is 0.329 e. The number of hydrogen-bond donors (Lipinski definition) is 1. The van der Waals surface area contributed by atoms with Gasteiger partial charge in [-0.25, -0.2) is 4.98 Å². The van der Waals surface area contributed by atoms with E-state index in [1.165, 1.54) is 0 Å². The second kappa shape index (κ2) is 3.71. The van der Waals surface area contributed by atoms with Crippen molar-refractivity contribution in [1.82, 2.24) is 9.55 Å². The van der Waals surface area contributed by atoms with Crippen LogP contribution in [0.5, 0.6) is 0 Å². The molecule has 0 bridgehead atoms. The molecule has 14 heavy (non-hydrogen) atoms. The van der Waals surface area contributed by atoms with Gasteiger partial charge >= 0.3 is 0 Å². The first-order valence-corrected chi connectivity index (χ1v) is 5.34. The molecule has 3 nitrogen and oxygen atoms in total. The van der Waals surface area contributed by atoms with E-state index in [9.17, 15) is 0 Å². The molecule has 1 aromatic heterocycles. The number of nitrogens with zero attached hydrogens (tertiary/aromatic N) is 2. The van der Waals surface area contributed by atoms with E-state index in [1.807, 2.05) is 19.1 Å². The fourth-order valence-electron chi connectivity index (χ4n) is 1.64. The summed E-state index contributed by atoms with van der Waals surface area (Å²) in [7, 11) is 0. The van der Waals surface area contributed by atoms with Crippen molar-refractivity contribution in [2.45, 2.75) is 13.5 Å². The Hall–Kier alpha value is -0.870. The zero-order valence-electron chi connectivity index (χ0n) is 8.00. The monoisotopic (exact) mass is 253 g/mol. The molecule has 1 aromatic carbocycles. The number of nitrogens with two attached hydrogens (primary N) is 1. The molecular weight excluding hydrogens is 242 g/mol. The zero-order chi connectivity index (χ0) is 10.1. The van der Waals surface area contributed by atoms with Crippen LogP contribution in [0.3, 0.4) is 0 Å². The number of aromatic nitrogens is 2. The van der Waals surface area contributed by atoms with Crippen molar-refractivity contribution in [2.24, 2.45) is 5.73 Å². The normalized spacial score (nSPS) is 11.1. The number of halogens is 1. The van der Waals surface area contributed by atoms with Gasteiger partial charge in [0.25, 0.3) is 0 Å². The van der Waals surface area contributed by atoms with E-state index >= 15 is 0 Å². The van der Waals surface area contributed by atoms with Crippen molar-refractivity contribution in [3.63, 3.8) is 0 Å². The van der Waals surface area contributed by atoms with Gasteiger partial charge in [0.2, 0.25) is 0 Å². The molecule has 0 saturated heterocycles. The van der Waals surface area contributed by atoms with Gasteiger partial charge in [-0.15, -0.1) is 0 Å². The first-order chi connectivity index (χ1) is 6.74. The lowest BCUT2D eigenvalue weighted by Crippen LogP contribution is -2.10. The summed E-state index contributed by atoms with van der Waals surface area (Å²) in [6, 6.07) is 6.08. The van der Waals surface area contributed by atoms with Crippen molar-refractivity contribution >= 4 is 27.0 Å². The number of aryl methyl sites for hydroxylation is 1. The molecule has 0 aliphatic carbocycles. The van der Waals surface area contributed by atoms with Gasteiger partial charge in [0, 0.05) is 17.6 Å². The summed E-state index contributed by atoms with van der Waals surface area (Å²) in [5.74, 6) is 1.01. The van der Waals surface area contributed by atoms with Gasteiger partial charge in [-0.05, 0) is 35.0 Å². The van der Waals surface area contributed by atoms with E-state index in [0.29, 0.717) is 6.54 Å². The van der Waals surface area contributed by atoms with E-state index in [1.54, 1.807) is 0 Å². The Balaban J connectivity index is 2.70. The van der Waals surface area contributed by atoms with Crippen LogP contribution in [0.2, 0.25) is 0 Å². The number of imidazole rings is 1. The number of hydrogen-bond acceptors (Lipinski definition) is 2. The molecule has 0 aliphatic heterocycles. The highest BCUT2D eigenvalue weighted by atomic mass is 79.9. The van der Waals surface area contributed by atoms with Crippen LogP contribution in [0.1, 0.15) is 5.82 Å². The Kier molecular flexibility index (Phi) is 2.56. The van der Waals surface area contributed by atoms with Crippen LogP contribution in [0, 0.1) is 6.92 Å². The summed E-state index contributed by atoms with van der Waals surface area (Å²) in [6.07, 6.45) is 0. The van der Waals surface area contributed by atoms with E-state index in [0.717, 1.165) is 27.9 Å². The Morgan fingerprint density at radius 2 is 2.29 bits per heavy atom. The second-order valence-corrected chi connectivity index (χ2v) is 4.06. The van der Waals surface area contributed by atoms with Crippen LogP contribution >= 0.6 is 15.9 Å². The molecule has 4 heteroatoms. The van der Waals surface area contributed by atoms with Crippen molar-refractivity contribution in [3.8, 4) is 0 Å². The van der Waals surface area contributed by atoms with Gasteiger partial charge in [-0.3, -0.25) is 0 Å². The third-order valence-electron chi connectivity index (χ3n) is 2.27. The van der Waals surface area contributed by atoms with Crippen LogP contribution in [0.15, 0.2) is 22.7 Å². The van der Waals surface area contributed by atoms with Gasteiger partial charge in [-0.2, -0.15) is 0 Å². The maximum absolute atomic E-state index is 5.56. The van der Waals surface area contributed by atoms with Gasteiger partial charge < -0.3 is 10.3 Å². The summed E-state index contributed by atoms with van der Waals surface area (Å²) >= 11 is 3.49. The maximum Gasteiger partial charge on any atom is 0.106 e. The molecule has 0 aliphatic rings. The molecular formula is C10H12BrN3. The van der Waals surface area contributed by atoms with E-state index in [2.05, 4.69) is 31.5 Å². The minimum Gasteiger partial charge on any atom is -0.329 e. The Labute approximate surface area is 91.1 Å². The molecule has 0 radical (unpaired) electrons. The highest BCUT2D eigenvalue weighted by molar-refractivity contribution is 9.10. The quantitative estimate of drug-likeness (QED) is 0.891. The summed E-state index contributed by atoms with van der Waals surface area (Å²) < 4.78 is 3.17. The third kappa shape index (κ3) is 1.44. The minimum atomic E-state index is 0.638. The predicted molar refractivity (Wildman–Crippen MR) is 61.2 cm³/mol. The van der Waals surface area contributed by atoms with E-state index < -0.39 is 0 Å². The fraction of sp³-hybridized carbons (Fsp3) is 0.300. The van der Waals surface area contributed by atoms with Crippen molar-refractivity contribution < 1.29 is 0 Å². The van der Waals surface area contributed by atoms with Gasteiger partial charge in [0.15, 0.2) is 0 Å². The van der Waals surface area contributed by atoms with Crippen molar-refractivity contribution in [3.05, 3.63) is 28.5 Å². The van der Waals surface area contributed by atoms with Gasteiger partial charge in [0.1, 0.15) is 11.3 Å². The lowest BCUT2D eigenvalue weighted by Gasteiger charge is -2.03. The zero-order valence-corrected chi connectivity index (χ0v) is 9.58. The molecule has 0 saturated carbocycles. The summed E-state index contributed by atoms with van der Waals surface area (Å²) in [5, 5.41) is 0. The first kappa shape index (κ1) is 9.68. The molecule has 74 valence electrons. The summed E-state index contributed by atoms with van der Waals surface area (Å²) in [6.45, 7) is 3.46. The van der Waals surface area contributed by atoms with Crippen molar-refractivity contribution in [1.29, 1.82) is 0 Å². The average molecular weight is 254 g/mol. The molecule has 1 heterocycles. The van der Waals surface area contributed by atoms with Crippen LogP contribution in [-0.2, 0) is 6.54 Å². The maximum atomic E-state index is 5.56. The van der Waals surface area contributed by atoms with Crippen LogP contribution in [0.25, 0.3) is 11.0 Å². The van der Waals surface area contributed by atoms with Crippen LogP contribution in [0.4, 0.5) is 0 Å². The average Bonchev–Trinajstić information content (AvgIpc) is 2.47. The van der Waals surface area contributed by atoms with Crippen LogP contribution in [-0.4, -0.2) is 16.1 Å². The van der Waals surface area contributed by atoms with E-state index in [4.69, 9.17) is 5.73 Å². The highest BCUT2D eigenvalue weighted by Gasteiger charge is 2.08. The molecule has 0 amide bonds. The number of para-hydroxylation sites is 1. The lowest BCUT2D eigenvalue weighted by molar-refractivity contribution is 0.703. The van der Waals surface area contributed by atoms with E-state index in [-0.39, 0.29) is 0 Å². The molecule has 0 spiro atoms. The third-order valence-corrected chi connectivity index (χ3v) is 2.91. The number of fused-ring (bicyclic) bond motifs is 1. The Morgan fingerprint density at radius 1 is 1.50 bits per heavy atom. The SMILES string of the molecule is Cc1nc2c(Br)cccc2n1CCN. The lowest BCUT2D eigenvalue weighted by atomic mass is 10.3. The second-order valence-electron chi connectivity index (χ2n) is 3.21. The standard InChI is InChI=1S/C10H12BrN3/c1-7-13-10-8(11)3-2-4-9(10)14(7)6-5-12/h2-4H,5-6,12H2,1H3. The first-order valence-electron chi connectivity index (χ1n) is 4.55. The topological polar surface area (TPSA) is 43.8 Å². The highest BCUT2D eigenvalue weighted by Crippen LogP contribution is 2.23. The minimum absolute atomic E-state index is 0.638. The molecule has 2 rings (SSSR count). The van der Waals surface area contributed by atoms with Crippen molar-refractivity contribution in [2.75, 3.05) is 6.54 Å². The number of benzene rings is 1. The molecule has 0 unspecified atom stereocenters. The Morgan fingerprint density at radius 3 is 3.00 bits per heavy atom. The molecule has 0 atom stereocenters. The van der Waals surface area contributed by atoms with Gasteiger partial charge in [-0.1, -0.05) is 6.07 Å². The molecule has 2 N–H and O–H groups in total.